The zero-order valence-corrected chi connectivity index (χ0v) is 17.1. The Morgan fingerprint density at radius 2 is 1.45 bits per heavy atom. The van der Waals surface area contributed by atoms with E-state index in [0.717, 1.165) is 34.8 Å². The van der Waals surface area contributed by atoms with Crippen LogP contribution in [0.1, 0.15) is 22.3 Å². The van der Waals surface area contributed by atoms with Crippen LogP contribution >= 0.6 is 0 Å². The summed E-state index contributed by atoms with van der Waals surface area (Å²) >= 11 is 0. The lowest BCUT2D eigenvalue weighted by molar-refractivity contribution is 0.326. The van der Waals surface area contributed by atoms with Gasteiger partial charge in [-0.25, -0.2) is 4.68 Å². The van der Waals surface area contributed by atoms with Gasteiger partial charge in [-0.1, -0.05) is 59.2 Å². The number of aryl methyl sites for hydroxylation is 3. The molecule has 29 heavy (non-hydrogen) atoms. The minimum absolute atomic E-state index is 0.654. The van der Waals surface area contributed by atoms with Crippen LogP contribution in [0.4, 0.5) is 0 Å². The van der Waals surface area contributed by atoms with Crippen LogP contribution in [0.25, 0.3) is 28.2 Å². The van der Waals surface area contributed by atoms with Gasteiger partial charge in [0.2, 0.25) is 0 Å². The van der Waals surface area contributed by atoms with Gasteiger partial charge in [0.1, 0.15) is 11.4 Å². The molecule has 0 fully saturated rings. The predicted octanol–water partition coefficient (Wildman–Crippen LogP) is 6.07. The Hall–Kier alpha value is -3.33. The minimum Gasteiger partial charge on any atom is -0.493 e. The third kappa shape index (κ3) is 3.13. The molecule has 1 aliphatic heterocycles. The molecule has 5 rings (SSSR count). The summed E-state index contributed by atoms with van der Waals surface area (Å²) in [5.74, 6) is 0.915. The molecule has 0 aliphatic carbocycles. The van der Waals surface area contributed by atoms with Crippen LogP contribution in [-0.4, -0.2) is 16.4 Å². The van der Waals surface area contributed by atoms with Crippen molar-refractivity contribution >= 4 is 0 Å². The molecular formula is C26H24N2O. The molecule has 0 radical (unpaired) electrons. The molecule has 4 aromatic rings. The SMILES string of the molecule is Cc1ccc(-c2c3c(nn2-c2ccc(C)cc2)-c2cc(C)ccc2OCC3)cc1. The summed E-state index contributed by atoms with van der Waals surface area (Å²) in [5, 5.41) is 5.13. The maximum absolute atomic E-state index is 6.07. The summed E-state index contributed by atoms with van der Waals surface area (Å²) < 4.78 is 8.17. The number of fused-ring (bicyclic) bond motifs is 3. The van der Waals surface area contributed by atoms with Crippen molar-refractivity contribution in [3.8, 4) is 34.0 Å². The molecule has 0 N–H and O–H groups in total. The van der Waals surface area contributed by atoms with E-state index in [4.69, 9.17) is 9.84 Å². The molecule has 0 bridgehead atoms. The summed E-state index contributed by atoms with van der Waals surface area (Å²) in [5.41, 5.74) is 10.5. The molecule has 3 heteroatoms. The van der Waals surface area contributed by atoms with E-state index in [0.29, 0.717) is 6.61 Å². The van der Waals surface area contributed by atoms with Crippen molar-refractivity contribution in [2.75, 3.05) is 6.61 Å². The number of nitrogens with zero attached hydrogens (tertiary/aromatic N) is 2. The van der Waals surface area contributed by atoms with E-state index in [1.165, 1.54) is 27.8 Å². The smallest absolute Gasteiger partial charge is 0.128 e. The van der Waals surface area contributed by atoms with E-state index in [1.807, 2.05) is 0 Å². The molecule has 0 amide bonds. The van der Waals surface area contributed by atoms with E-state index >= 15 is 0 Å². The van der Waals surface area contributed by atoms with Gasteiger partial charge in [-0.3, -0.25) is 0 Å². The summed E-state index contributed by atoms with van der Waals surface area (Å²) in [6.07, 6.45) is 0.831. The number of ether oxygens (including phenoxy) is 1. The molecule has 144 valence electrons. The van der Waals surface area contributed by atoms with Gasteiger partial charge < -0.3 is 4.74 Å². The van der Waals surface area contributed by atoms with Crippen LogP contribution < -0.4 is 4.74 Å². The van der Waals surface area contributed by atoms with Gasteiger partial charge in [-0.15, -0.1) is 0 Å². The fraction of sp³-hybridized carbons (Fsp3) is 0.192. The Morgan fingerprint density at radius 1 is 0.793 bits per heavy atom. The van der Waals surface area contributed by atoms with E-state index in [-0.39, 0.29) is 0 Å². The Labute approximate surface area is 171 Å². The van der Waals surface area contributed by atoms with Crippen LogP contribution in [0, 0.1) is 20.8 Å². The van der Waals surface area contributed by atoms with Crippen LogP contribution in [0.2, 0.25) is 0 Å². The summed E-state index contributed by atoms with van der Waals surface area (Å²) in [6.45, 7) is 7.00. The second kappa shape index (κ2) is 6.93. The van der Waals surface area contributed by atoms with Crippen molar-refractivity contribution in [1.29, 1.82) is 0 Å². The van der Waals surface area contributed by atoms with E-state index in [2.05, 4.69) is 92.2 Å². The highest BCUT2D eigenvalue weighted by Gasteiger charge is 2.25. The van der Waals surface area contributed by atoms with Crippen LogP contribution in [0.15, 0.2) is 66.7 Å². The fourth-order valence-electron chi connectivity index (χ4n) is 4.00. The van der Waals surface area contributed by atoms with Crippen molar-refractivity contribution < 1.29 is 4.74 Å². The maximum Gasteiger partial charge on any atom is 0.128 e. The molecule has 0 unspecified atom stereocenters. The first kappa shape index (κ1) is 17.7. The van der Waals surface area contributed by atoms with Crippen molar-refractivity contribution in [2.24, 2.45) is 0 Å². The third-order valence-electron chi connectivity index (χ3n) is 5.59. The zero-order valence-electron chi connectivity index (χ0n) is 17.1. The lowest BCUT2D eigenvalue weighted by atomic mass is 9.98. The van der Waals surface area contributed by atoms with Crippen LogP contribution in [0.5, 0.6) is 5.75 Å². The van der Waals surface area contributed by atoms with Gasteiger partial charge in [0.15, 0.2) is 0 Å². The predicted molar refractivity (Wildman–Crippen MR) is 118 cm³/mol. The first-order chi connectivity index (χ1) is 14.1. The van der Waals surface area contributed by atoms with Gasteiger partial charge in [-0.05, 0) is 45.0 Å². The van der Waals surface area contributed by atoms with Crippen LogP contribution in [0.3, 0.4) is 0 Å². The van der Waals surface area contributed by atoms with Crippen molar-refractivity contribution in [3.63, 3.8) is 0 Å². The highest BCUT2D eigenvalue weighted by Crippen LogP contribution is 2.40. The molecule has 0 spiro atoms. The highest BCUT2D eigenvalue weighted by atomic mass is 16.5. The summed E-state index contributed by atoms with van der Waals surface area (Å²) in [6, 6.07) is 23.6. The lowest BCUT2D eigenvalue weighted by Crippen LogP contribution is -2.03. The largest absolute Gasteiger partial charge is 0.493 e. The second-order valence-corrected chi connectivity index (χ2v) is 7.89. The average molecular weight is 380 g/mol. The number of rotatable bonds is 2. The molecule has 0 atom stereocenters. The van der Waals surface area contributed by atoms with Crippen molar-refractivity contribution in [3.05, 3.63) is 89.0 Å². The van der Waals surface area contributed by atoms with Gasteiger partial charge in [-0.2, -0.15) is 5.10 Å². The molecule has 0 saturated carbocycles. The molecule has 0 saturated heterocycles. The molecule has 2 heterocycles. The summed E-state index contributed by atoms with van der Waals surface area (Å²) in [4.78, 5) is 0. The summed E-state index contributed by atoms with van der Waals surface area (Å²) in [7, 11) is 0. The third-order valence-corrected chi connectivity index (χ3v) is 5.59. The van der Waals surface area contributed by atoms with Gasteiger partial charge in [0.05, 0.1) is 18.0 Å². The molecule has 3 aromatic carbocycles. The Bertz CT molecular complexity index is 1180. The standard InChI is InChI=1S/C26H24N2O/c1-17-4-9-20(10-5-17)26-22-14-15-29-24-13-8-19(3)16-23(24)25(22)27-28(26)21-11-6-18(2)7-12-21/h4-13,16H,14-15H2,1-3H3. The van der Waals surface area contributed by atoms with Crippen molar-refractivity contribution in [2.45, 2.75) is 27.2 Å². The van der Waals surface area contributed by atoms with E-state index in [1.54, 1.807) is 0 Å². The number of benzene rings is 3. The number of hydrogen-bond acceptors (Lipinski definition) is 2. The lowest BCUT2D eigenvalue weighted by Gasteiger charge is -2.11. The van der Waals surface area contributed by atoms with Gasteiger partial charge in [0, 0.05) is 23.1 Å². The van der Waals surface area contributed by atoms with Gasteiger partial charge >= 0.3 is 0 Å². The maximum atomic E-state index is 6.07. The minimum atomic E-state index is 0.654. The first-order valence-corrected chi connectivity index (χ1v) is 10.1. The fourth-order valence-corrected chi connectivity index (χ4v) is 4.00. The van der Waals surface area contributed by atoms with Crippen LogP contribution in [-0.2, 0) is 6.42 Å². The molecule has 1 aliphatic rings. The highest BCUT2D eigenvalue weighted by molar-refractivity contribution is 5.80. The monoisotopic (exact) mass is 380 g/mol. The Morgan fingerprint density at radius 3 is 2.17 bits per heavy atom. The second-order valence-electron chi connectivity index (χ2n) is 7.89. The first-order valence-electron chi connectivity index (χ1n) is 10.1. The number of hydrogen-bond donors (Lipinski definition) is 0. The molecule has 3 nitrogen and oxygen atoms in total. The normalized spacial score (nSPS) is 12.7. The van der Waals surface area contributed by atoms with E-state index in [9.17, 15) is 0 Å². The van der Waals surface area contributed by atoms with Gasteiger partial charge in [0.25, 0.3) is 0 Å². The Kier molecular flexibility index (Phi) is 4.24. The molecule has 1 aromatic heterocycles. The average Bonchev–Trinajstić information content (AvgIpc) is 3.00. The number of aromatic nitrogens is 2. The quantitative estimate of drug-likeness (QED) is 0.422. The zero-order chi connectivity index (χ0) is 20.0. The topological polar surface area (TPSA) is 27.1 Å². The van der Waals surface area contributed by atoms with Crippen molar-refractivity contribution in [1.82, 2.24) is 9.78 Å². The van der Waals surface area contributed by atoms with E-state index < -0.39 is 0 Å². The Balaban J connectivity index is 1.81. The molecular weight excluding hydrogens is 356 g/mol.